The number of hydrogen-bond donors (Lipinski definition) is 0. The Labute approximate surface area is 236 Å². The number of nitrogens with zero attached hydrogens (tertiary/aromatic N) is 2. The molecule has 2 aliphatic rings. The molecule has 2 amide bonds. The van der Waals surface area contributed by atoms with Gasteiger partial charge in [0.25, 0.3) is 5.91 Å². The maximum atomic E-state index is 14.0. The van der Waals surface area contributed by atoms with Gasteiger partial charge in [0, 0.05) is 0 Å². The van der Waals surface area contributed by atoms with Crippen LogP contribution in [0.4, 0.5) is 11.4 Å². The fraction of sp³-hybridized carbons (Fsp3) is 0.156. The number of carbonyl (C=O) groups is 3. The van der Waals surface area contributed by atoms with Gasteiger partial charge in [-0.2, -0.15) is 0 Å². The number of esters is 1. The first kappa shape index (κ1) is 26.1. The van der Waals surface area contributed by atoms with Gasteiger partial charge in [-0.05, 0) is 54.1 Å². The number of carbonyl (C=O) groups excluding carboxylic acids is 3. The van der Waals surface area contributed by atoms with Crippen molar-refractivity contribution in [2.75, 3.05) is 24.2 Å². The first-order valence-electron chi connectivity index (χ1n) is 13.0. The highest BCUT2D eigenvalue weighted by atomic mass is 16.7. The summed E-state index contributed by atoms with van der Waals surface area (Å²) >= 11 is 0. The van der Waals surface area contributed by atoms with Crippen LogP contribution in [-0.2, 0) is 14.4 Å². The molecule has 9 heteroatoms. The number of hydrogen-bond acceptors (Lipinski definition) is 8. The van der Waals surface area contributed by atoms with Gasteiger partial charge in [0.2, 0.25) is 5.91 Å². The molecule has 0 spiro atoms. The number of rotatable bonds is 7. The molecule has 0 radical (unpaired) electrons. The molecular formula is C32H26N2O7. The van der Waals surface area contributed by atoms with E-state index < -0.39 is 35.8 Å². The molecule has 206 valence electrons. The van der Waals surface area contributed by atoms with Crippen molar-refractivity contribution in [1.29, 1.82) is 0 Å². The molecule has 2 heterocycles. The Morgan fingerprint density at radius 3 is 2.10 bits per heavy atom. The van der Waals surface area contributed by atoms with Gasteiger partial charge in [-0.25, -0.2) is 14.8 Å². The highest BCUT2D eigenvalue weighted by Gasteiger charge is 2.60. The Bertz CT molecular complexity index is 1610. The van der Waals surface area contributed by atoms with Gasteiger partial charge >= 0.3 is 5.97 Å². The highest BCUT2D eigenvalue weighted by molar-refractivity contribution is 6.24. The molecule has 2 fully saturated rings. The summed E-state index contributed by atoms with van der Waals surface area (Å²) in [4.78, 5) is 47.7. The van der Waals surface area contributed by atoms with Gasteiger partial charge in [0.15, 0.2) is 17.6 Å². The molecule has 0 unspecified atom stereocenters. The highest BCUT2D eigenvalue weighted by Crippen LogP contribution is 2.49. The summed E-state index contributed by atoms with van der Waals surface area (Å²) in [6, 6.07) is 29.1. The second kappa shape index (κ2) is 10.8. The Kier molecular flexibility index (Phi) is 6.86. The van der Waals surface area contributed by atoms with E-state index in [1.165, 1.54) is 14.2 Å². The second-order valence-electron chi connectivity index (χ2n) is 9.51. The summed E-state index contributed by atoms with van der Waals surface area (Å²) < 4.78 is 16.6. The van der Waals surface area contributed by atoms with Crippen LogP contribution in [0.25, 0.3) is 0 Å². The number of methoxy groups -OCH3 is 2. The average Bonchev–Trinajstić information content (AvgIpc) is 3.53. The zero-order chi connectivity index (χ0) is 28.5. The van der Waals surface area contributed by atoms with E-state index in [1.54, 1.807) is 71.8 Å². The molecule has 4 aromatic carbocycles. The van der Waals surface area contributed by atoms with Crippen LogP contribution in [0.15, 0.2) is 103 Å². The SMILES string of the molecule is COc1cc([C@@H]2[C@H]3C(=O)N(c4ccccc4OC)C(=O)[C@@H]3ON2c2ccccc2)ccc1OC(=O)c1ccccc1. The van der Waals surface area contributed by atoms with E-state index in [0.717, 1.165) is 4.90 Å². The number of ether oxygens (including phenoxy) is 3. The number of para-hydroxylation sites is 3. The van der Waals surface area contributed by atoms with Crippen molar-refractivity contribution in [2.45, 2.75) is 12.1 Å². The third-order valence-corrected chi connectivity index (χ3v) is 7.19. The zero-order valence-electron chi connectivity index (χ0n) is 22.3. The number of benzene rings is 4. The summed E-state index contributed by atoms with van der Waals surface area (Å²) in [6.45, 7) is 0. The third kappa shape index (κ3) is 4.56. The van der Waals surface area contributed by atoms with Gasteiger partial charge in [0.1, 0.15) is 11.7 Å². The number of fused-ring (bicyclic) bond motifs is 1. The molecule has 2 aliphatic heterocycles. The average molecular weight is 551 g/mol. The maximum absolute atomic E-state index is 14.0. The number of imide groups is 1. The van der Waals surface area contributed by atoms with E-state index >= 15 is 0 Å². The predicted octanol–water partition coefficient (Wildman–Crippen LogP) is 4.97. The first-order chi connectivity index (χ1) is 20.0. The van der Waals surface area contributed by atoms with Crippen molar-refractivity contribution in [3.8, 4) is 17.2 Å². The number of anilines is 2. The summed E-state index contributed by atoms with van der Waals surface area (Å²) in [5, 5.41) is 1.59. The van der Waals surface area contributed by atoms with Gasteiger partial charge in [-0.1, -0.05) is 54.6 Å². The summed E-state index contributed by atoms with van der Waals surface area (Å²) in [7, 11) is 2.95. The van der Waals surface area contributed by atoms with Crippen LogP contribution in [0.1, 0.15) is 22.0 Å². The van der Waals surface area contributed by atoms with Crippen molar-refractivity contribution in [3.63, 3.8) is 0 Å². The molecule has 0 aromatic heterocycles. The van der Waals surface area contributed by atoms with E-state index in [2.05, 4.69) is 0 Å². The summed E-state index contributed by atoms with van der Waals surface area (Å²) in [5.41, 5.74) is 2.07. The minimum absolute atomic E-state index is 0.219. The third-order valence-electron chi connectivity index (χ3n) is 7.19. The standard InChI is InChI=1S/C32H26N2O7/c1-38-24-16-10-9-15-23(24)33-30(35)27-28(34(41-29(27)31(33)36)22-13-7-4-8-14-22)21-17-18-25(26(19-21)39-2)40-32(37)20-11-5-3-6-12-20/h3-19,27-29H,1-2H3/t27-,28-,29-/m1/s1. The van der Waals surface area contributed by atoms with E-state index in [0.29, 0.717) is 34.0 Å². The monoisotopic (exact) mass is 550 g/mol. The molecular weight excluding hydrogens is 524 g/mol. The topological polar surface area (TPSA) is 94.6 Å². The van der Waals surface area contributed by atoms with E-state index in [4.69, 9.17) is 19.0 Å². The zero-order valence-corrected chi connectivity index (χ0v) is 22.3. The summed E-state index contributed by atoms with van der Waals surface area (Å²) in [5.74, 6) is -1.37. The van der Waals surface area contributed by atoms with Crippen LogP contribution in [0.5, 0.6) is 17.2 Å². The van der Waals surface area contributed by atoms with Crippen molar-refractivity contribution >= 4 is 29.2 Å². The van der Waals surface area contributed by atoms with Crippen LogP contribution in [0.2, 0.25) is 0 Å². The van der Waals surface area contributed by atoms with Crippen molar-refractivity contribution in [3.05, 3.63) is 114 Å². The molecule has 6 rings (SSSR count). The Morgan fingerprint density at radius 1 is 0.732 bits per heavy atom. The van der Waals surface area contributed by atoms with E-state index in [-0.39, 0.29) is 5.75 Å². The Morgan fingerprint density at radius 2 is 1.39 bits per heavy atom. The van der Waals surface area contributed by atoms with E-state index in [1.807, 2.05) is 36.4 Å². The Hall–Kier alpha value is -5.15. The number of amides is 2. The van der Waals surface area contributed by atoms with Crippen LogP contribution in [0.3, 0.4) is 0 Å². The predicted molar refractivity (Wildman–Crippen MR) is 150 cm³/mol. The fourth-order valence-electron chi connectivity index (χ4n) is 5.29. The molecule has 4 aromatic rings. The van der Waals surface area contributed by atoms with Gasteiger partial charge in [-0.15, -0.1) is 0 Å². The molecule has 9 nitrogen and oxygen atoms in total. The lowest BCUT2D eigenvalue weighted by Crippen LogP contribution is -2.37. The molecule has 0 N–H and O–H groups in total. The van der Waals surface area contributed by atoms with Crippen LogP contribution < -0.4 is 24.2 Å². The smallest absolute Gasteiger partial charge is 0.343 e. The molecule has 0 saturated carbocycles. The normalized spacial score (nSPS) is 19.7. The first-order valence-corrected chi connectivity index (χ1v) is 13.0. The molecule has 2 saturated heterocycles. The van der Waals surface area contributed by atoms with Crippen molar-refractivity contribution in [2.24, 2.45) is 5.92 Å². The molecule has 3 atom stereocenters. The quantitative estimate of drug-likeness (QED) is 0.181. The van der Waals surface area contributed by atoms with Crippen LogP contribution in [-0.4, -0.2) is 38.1 Å². The molecule has 41 heavy (non-hydrogen) atoms. The molecule has 0 bridgehead atoms. The van der Waals surface area contributed by atoms with Crippen molar-refractivity contribution in [1.82, 2.24) is 0 Å². The minimum atomic E-state index is -1.06. The van der Waals surface area contributed by atoms with Gasteiger partial charge < -0.3 is 14.2 Å². The maximum Gasteiger partial charge on any atom is 0.343 e. The number of hydroxylamine groups is 1. The van der Waals surface area contributed by atoms with Crippen LogP contribution >= 0.6 is 0 Å². The lowest BCUT2D eigenvalue weighted by atomic mass is 9.90. The second-order valence-corrected chi connectivity index (χ2v) is 9.51. The van der Waals surface area contributed by atoms with E-state index in [9.17, 15) is 14.4 Å². The van der Waals surface area contributed by atoms with Crippen LogP contribution in [0, 0.1) is 5.92 Å². The lowest BCUT2D eigenvalue weighted by molar-refractivity contribution is -0.126. The van der Waals surface area contributed by atoms with Gasteiger partial charge in [0.05, 0.1) is 37.2 Å². The molecule has 0 aliphatic carbocycles. The minimum Gasteiger partial charge on any atom is -0.495 e. The Balaban J connectivity index is 1.39. The fourth-order valence-corrected chi connectivity index (χ4v) is 5.29. The lowest BCUT2D eigenvalue weighted by Gasteiger charge is -2.29. The van der Waals surface area contributed by atoms with Crippen molar-refractivity contribution < 1.29 is 33.4 Å². The largest absolute Gasteiger partial charge is 0.495 e. The van der Waals surface area contributed by atoms with Gasteiger partial charge in [-0.3, -0.25) is 14.4 Å². The summed E-state index contributed by atoms with van der Waals surface area (Å²) in [6.07, 6.45) is -1.06.